The SMILES string of the molecule is CC1CC(=O)NC2CC(NC(=O)COc3ccccc3)CCC12. The minimum atomic E-state index is -0.104. The zero-order valence-electron chi connectivity index (χ0n) is 13.5. The summed E-state index contributed by atoms with van der Waals surface area (Å²) in [7, 11) is 0. The van der Waals surface area contributed by atoms with E-state index in [1.54, 1.807) is 0 Å². The normalized spacial score (nSPS) is 30.0. The number of fused-ring (bicyclic) bond motifs is 1. The Morgan fingerprint density at radius 3 is 2.87 bits per heavy atom. The van der Waals surface area contributed by atoms with E-state index in [4.69, 9.17) is 4.74 Å². The van der Waals surface area contributed by atoms with Crippen LogP contribution in [0.4, 0.5) is 0 Å². The summed E-state index contributed by atoms with van der Waals surface area (Å²) in [6.45, 7) is 2.18. The van der Waals surface area contributed by atoms with Gasteiger partial charge in [0.25, 0.3) is 5.91 Å². The van der Waals surface area contributed by atoms with Crippen molar-refractivity contribution in [2.45, 2.75) is 44.7 Å². The highest BCUT2D eigenvalue weighted by Crippen LogP contribution is 2.35. The molecule has 0 aromatic heterocycles. The van der Waals surface area contributed by atoms with Gasteiger partial charge in [-0.05, 0) is 43.2 Å². The Morgan fingerprint density at radius 1 is 1.30 bits per heavy atom. The van der Waals surface area contributed by atoms with Crippen LogP contribution in [0, 0.1) is 11.8 Å². The highest BCUT2D eigenvalue weighted by molar-refractivity contribution is 5.78. The molecule has 1 aromatic rings. The maximum Gasteiger partial charge on any atom is 0.258 e. The molecule has 124 valence electrons. The van der Waals surface area contributed by atoms with Crippen LogP contribution in [0.1, 0.15) is 32.6 Å². The van der Waals surface area contributed by atoms with Crippen molar-refractivity contribution in [1.82, 2.24) is 10.6 Å². The Bertz CT molecular complexity index is 561. The number of hydrogen-bond donors (Lipinski definition) is 2. The summed E-state index contributed by atoms with van der Waals surface area (Å²) < 4.78 is 5.47. The summed E-state index contributed by atoms with van der Waals surface area (Å²) in [5.41, 5.74) is 0. The summed E-state index contributed by atoms with van der Waals surface area (Å²) in [5, 5.41) is 6.12. The Hall–Kier alpha value is -2.04. The summed E-state index contributed by atoms with van der Waals surface area (Å²) in [6, 6.07) is 9.64. The smallest absolute Gasteiger partial charge is 0.258 e. The van der Waals surface area contributed by atoms with Crippen molar-refractivity contribution in [3.05, 3.63) is 30.3 Å². The van der Waals surface area contributed by atoms with Crippen LogP contribution in [0.25, 0.3) is 0 Å². The van der Waals surface area contributed by atoms with E-state index >= 15 is 0 Å². The lowest BCUT2D eigenvalue weighted by atomic mass is 9.72. The number of piperidine rings is 1. The first-order valence-corrected chi connectivity index (χ1v) is 8.38. The molecule has 2 N–H and O–H groups in total. The molecule has 0 radical (unpaired) electrons. The van der Waals surface area contributed by atoms with E-state index in [1.807, 2.05) is 30.3 Å². The molecule has 3 rings (SSSR count). The van der Waals surface area contributed by atoms with Crippen molar-refractivity contribution < 1.29 is 14.3 Å². The second-order valence-electron chi connectivity index (χ2n) is 6.70. The van der Waals surface area contributed by atoms with Gasteiger partial charge in [0.15, 0.2) is 6.61 Å². The second kappa shape index (κ2) is 7.02. The average Bonchev–Trinajstić information content (AvgIpc) is 2.53. The fraction of sp³-hybridized carbons (Fsp3) is 0.556. The van der Waals surface area contributed by atoms with Crippen LogP contribution in [0.5, 0.6) is 5.75 Å². The molecule has 5 heteroatoms. The molecule has 1 aromatic carbocycles. The molecular weight excluding hydrogens is 292 g/mol. The molecule has 4 unspecified atom stereocenters. The van der Waals surface area contributed by atoms with Gasteiger partial charge in [-0.2, -0.15) is 0 Å². The molecule has 0 bridgehead atoms. The molecule has 4 atom stereocenters. The molecule has 2 amide bonds. The number of carbonyl (C=O) groups is 2. The van der Waals surface area contributed by atoms with Crippen LogP contribution in [-0.2, 0) is 9.59 Å². The van der Waals surface area contributed by atoms with Gasteiger partial charge in [-0.1, -0.05) is 25.1 Å². The highest BCUT2D eigenvalue weighted by Gasteiger charge is 2.38. The first-order valence-electron chi connectivity index (χ1n) is 8.38. The minimum absolute atomic E-state index is 0.0252. The Labute approximate surface area is 136 Å². The number of nitrogens with one attached hydrogen (secondary N) is 2. The lowest BCUT2D eigenvalue weighted by Gasteiger charge is -2.43. The van der Waals surface area contributed by atoms with Crippen molar-refractivity contribution in [3.8, 4) is 5.75 Å². The van der Waals surface area contributed by atoms with E-state index in [0.29, 0.717) is 24.0 Å². The minimum Gasteiger partial charge on any atom is -0.484 e. The number of hydrogen-bond acceptors (Lipinski definition) is 3. The Balaban J connectivity index is 1.47. The molecule has 23 heavy (non-hydrogen) atoms. The van der Waals surface area contributed by atoms with Gasteiger partial charge in [0.2, 0.25) is 5.91 Å². The summed E-state index contributed by atoms with van der Waals surface area (Å²) in [6.07, 6.45) is 3.47. The fourth-order valence-corrected chi connectivity index (χ4v) is 3.82. The van der Waals surface area contributed by atoms with Crippen molar-refractivity contribution in [3.63, 3.8) is 0 Å². The van der Waals surface area contributed by atoms with Crippen LogP contribution in [-0.4, -0.2) is 30.5 Å². The van der Waals surface area contributed by atoms with Gasteiger partial charge in [0.1, 0.15) is 5.75 Å². The van der Waals surface area contributed by atoms with Gasteiger partial charge in [0, 0.05) is 18.5 Å². The number of benzene rings is 1. The average molecular weight is 316 g/mol. The lowest BCUT2D eigenvalue weighted by molar-refractivity contribution is -0.127. The molecule has 5 nitrogen and oxygen atoms in total. The van der Waals surface area contributed by atoms with Crippen LogP contribution in [0.3, 0.4) is 0 Å². The zero-order valence-corrected chi connectivity index (χ0v) is 13.5. The molecule has 2 aliphatic rings. The number of ether oxygens (including phenoxy) is 1. The molecule has 1 heterocycles. The Morgan fingerprint density at radius 2 is 2.09 bits per heavy atom. The molecule has 0 spiro atoms. The van der Waals surface area contributed by atoms with Crippen molar-refractivity contribution in [2.24, 2.45) is 11.8 Å². The summed E-state index contributed by atoms with van der Waals surface area (Å²) in [5.74, 6) is 1.71. The lowest BCUT2D eigenvalue weighted by Crippen LogP contribution is -2.55. The second-order valence-corrected chi connectivity index (χ2v) is 6.70. The third-order valence-corrected chi connectivity index (χ3v) is 4.97. The zero-order chi connectivity index (χ0) is 16.2. The van der Waals surface area contributed by atoms with Crippen molar-refractivity contribution in [1.29, 1.82) is 0 Å². The number of rotatable bonds is 4. The van der Waals surface area contributed by atoms with Crippen molar-refractivity contribution in [2.75, 3.05) is 6.61 Å². The predicted octanol–water partition coefficient (Wildman–Crippen LogP) is 1.87. The van der Waals surface area contributed by atoms with Gasteiger partial charge in [-0.25, -0.2) is 0 Å². The quantitative estimate of drug-likeness (QED) is 0.891. The number of carbonyl (C=O) groups excluding carboxylic acids is 2. The van der Waals surface area contributed by atoms with Gasteiger partial charge >= 0.3 is 0 Å². The fourth-order valence-electron chi connectivity index (χ4n) is 3.82. The molecular formula is C18H24N2O3. The first kappa shape index (κ1) is 15.8. The third-order valence-electron chi connectivity index (χ3n) is 4.97. The van der Waals surface area contributed by atoms with Crippen LogP contribution >= 0.6 is 0 Å². The largest absolute Gasteiger partial charge is 0.484 e. The summed E-state index contributed by atoms with van der Waals surface area (Å²) in [4.78, 5) is 23.7. The van der Waals surface area contributed by atoms with Gasteiger partial charge in [0.05, 0.1) is 0 Å². The molecule has 1 aliphatic heterocycles. The predicted molar refractivity (Wildman–Crippen MR) is 86.9 cm³/mol. The van der Waals surface area contributed by atoms with E-state index < -0.39 is 0 Å². The van der Waals surface area contributed by atoms with Gasteiger partial charge in [-0.15, -0.1) is 0 Å². The van der Waals surface area contributed by atoms with Gasteiger partial charge < -0.3 is 15.4 Å². The van der Waals surface area contributed by atoms with E-state index in [2.05, 4.69) is 17.6 Å². The van der Waals surface area contributed by atoms with Crippen LogP contribution in [0.2, 0.25) is 0 Å². The maximum atomic E-state index is 12.0. The van der Waals surface area contributed by atoms with E-state index in [9.17, 15) is 9.59 Å². The summed E-state index contributed by atoms with van der Waals surface area (Å²) >= 11 is 0. The van der Waals surface area contributed by atoms with Crippen molar-refractivity contribution >= 4 is 11.8 Å². The van der Waals surface area contributed by atoms with E-state index in [-0.39, 0.29) is 30.5 Å². The monoisotopic (exact) mass is 316 g/mol. The number of amides is 2. The Kier molecular flexibility index (Phi) is 4.84. The maximum absolute atomic E-state index is 12.0. The third kappa shape index (κ3) is 4.03. The van der Waals surface area contributed by atoms with E-state index in [1.165, 1.54) is 0 Å². The molecule has 2 fully saturated rings. The molecule has 1 aliphatic carbocycles. The standard InChI is InChI=1S/C18H24N2O3/c1-12-9-17(21)20-16-10-13(7-8-15(12)16)19-18(22)11-23-14-5-3-2-4-6-14/h2-6,12-13,15-16H,7-11H2,1H3,(H,19,22)(H,20,21). The van der Waals surface area contributed by atoms with E-state index in [0.717, 1.165) is 19.3 Å². The molecule has 1 saturated carbocycles. The van der Waals surface area contributed by atoms with Gasteiger partial charge in [-0.3, -0.25) is 9.59 Å². The molecule has 1 saturated heterocycles. The highest BCUT2D eigenvalue weighted by atomic mass is 16.5. The topological polar surface area (TPSA) is 67.4 Å². The number of para-hydroxylation sites is 1. The van der Waals surface area contributed by atoms with Crippen LogP contribution in [0.15, 0.2) is 30.3 Å². The first-order chi connectivity index (χ1) is 11.1. The van der Waals surface area contributed by atoms with Crippen LogP contribution < -0.4 is 15.4 Å².